The molecule has 1 aromatic rings. The Balaban J connectivity index is 1.82. The first-order chi connectivity index (χ1) is 9.66. The van der Waals surface area contributed by atoms with Crippen LogP contribution in [0.1, 0.15) is 31.2 Å². The Morgan fingerprint density at radius 1 is 1.20 bits per heavy atom. The first-order valence-electron chi connectivity index (χ1n) is 6.87. The number of rotatable bonds is 4. The van der Waals surface area contributed by atoms with Crippen LogP contribution >= 0.6 is 0 Å². The molecule has 1 saturated carbocycles. The maximum Gasteiger partial charge on any atom is 0.407 e. The normalized spacial score (nSPS) is 22.0. The first-order valence-corrected chi connectivity index (χ1v) is 6.87. The van der Waals surface area contributed by atoms with Gasteiger partial charge in [-0.05, 0) is 18.4 Å². The topological polar surface area (TPSA) is 75.6 Å². The van der Waals surface area contributed by atoms with E-state index < -0.39 is 18.0 Å². The zero-order chi connectivity index (χ0) is 14.4. The molecule has 2 N–H and O–H groups in total. The molecule has 2 atom stereocenters. The summed E-state index contributed by atoms with van der Waals surface area (Å²) in [6.45, 7) is 0.192. The van der Waals surface area contributed by atoms with Crippen LogP contribution in [0.25, 0.3) is 0 Å². The largest absolute Gasteiger partial charge is 0.481 e. The molecule has 0 heterocycles. The third-order valence-corrected chi connectivity index (χ3v) is 3.60. The number of benzene rings is 1. The quantitative estimate of drug-likeness (QED) is 0.886. The lowest BCUT2D eigenvalue weighted by atomic mass is 9.85. The number of amides is 1. The van der Waals surface area contributed by atoms with E-state index in [1.165, 1.54) is 0 Å². The Labute approximate surface area is 117 Å². The van der Waals surface area contributed by atoms with Crippen molar-refractivity contribution in [3.05, 3.63) is 35.9 Å². The second kappa shape index (κ2) is 6.93. The van der Waals surface area contributed by atoms with Crippen molar-refractivity contribution >= 4 is 12.1 Å². The van der Waals surface area contributed by atoms with Gasteiger partial charge in [-0.2, -0.15) is 0 Å². The third kappa shape index (κ3) is 3.98. The van der Waals surface area contributed by atoms with Gasteiger partial charge in [-0.15, -0.1) is 0 Å². The van der Waals surface area contributed by atoms with Crippen LogP contribution in [0.2, 0.25) is 0 Å². The van der Waals surface area contributed by atoms with E-state index in [9.17, 15) is 9.59 Å². The maximum atomic E-state index is 11.7. The summed E-state index contributed by atoms with van der Waals surface area (Å²) in [6.07, 6.45) is 2.59. The van der Waals surface area contributed by atoms with Crippen LogP contribution in [0, 0.1) is 5.92 Å². The van der Waals surface area contributed by atoms with Gasteiger partial charge in [0.25, 0.3) is 0 Å². The highest BCUT2D eigenvalue weighted by molar-refractivity contribution is 5.73. The maximum absolute atomic E-state index is 11.7. The van der Waals surface area contributed by atoms with Gasteiger partial charge in [0.1, 0.15) is 6.61 Å². The van der Waals surface area contributed by atoms with Crippen molar-refractivity contribution in [3.63, 3.8) is 0 Å². The number of hydrogen-bond acceptors (Lipinski definition) is 3. The lowest BCUT2D eigenvalue weighted by Crippen LogP contribution is -2.45. The molecule has 0 saturated heterocycles. The molecule has 108 valence electrons. The molecule has 0 spiro atoms. The summed E-state index contributed by atoms with van der Waals surface area (Å²) in [7, 11) is 0. The Bertz CT molecular complexity index is 460. The molecule has 5 nitrogen and oxygen atoms in total. The predicted octanol–water partition coefficient (Wildman–Crippen LogP) is 2.56. The lowest BCUT2D eigenvalue weighted by molar-refractivity contribution is -0.143. The Kier molecular flexibility index (Phi) is 4.98. The second-order valence-corrected chi connectivity index (χ2v) is 5.04. The Morgan fingerprint density at radius 2 is 1.90 bits per heavy atom. The zero-order valence-corrected chi connectivity index (χ0v) is 11.2. The standard InChI is InChI=1S/C15H19NO4/c17-14(18)12-8-4-5-9-13(12)16-15(19)20-10-11-6-2-1-3-7-11/h1-3,6-7,12-13H,4-5,8-10H2,(H,16,19)(H,17,18)/t12-,13-/m0/s1. The number of ether oxygens (including phenoxy) is 1. The third-order valence-electron chi connectivity index (χ3n) is 3.60. The number of aliphatic carboxylic acids is 1. The van der Waals surface area contributed by atoms with Crippen molar-refractivity contribution in [2.24, 2.45) is 5.92 Å². The Morgan fingerprint density at radius 3 is 2.60 bits per heavy atom. The number of hydrogen-bond donors (Lipinski definition) is 2. The fourth-order valence-corrected chi connectivity index (χ4v) is 2.52. The van der Waals surface area contributed by atoms with Crippen LogP contribution in [0.3, 0.4) is 0 Å². The molecule has 20 heavy (non-hydrogen) atoms. The summed E-state index contributed by atoms with van der Waals surface area (Å²) < 4.78 is 5.12. The van der Waals surface area contributed by atoms with E-state index in [2.05, 4.69) is 5.32 Å². The highest BCUT2D eigenvalue weighted by atomic mass is 16.5. The van der Waals surface area contributed by atoms with E-state index in [1.807, 2.05) is 30.3 Å². The molecule has 1 aromatic carbocycles. The van der Waals surface area contributed by atoms with E-state index >= 15 is 0 Å². The number of alkyl carbamates (subject to hydrolysis) is 1. The van der Waals surface area contributed by atoms with E-state index in [-0.39, 0.29) is 12.6 Å². The molecule has 0 bridgehead atoms. The lowest BCUT2D eigenvalue weighted by Gasteiger charge is -2.28. The van der Waals surface area contributed by atoms with Crippen molar-refractivity contribution in [1.82, 2.24) is 5.32 Å². The van der Waals surface area contributed by atoms with Gasteiger partial charge in [-0.25, -0.2) is 4.79 Å². The van der Waals surface area contributed by atoms with Crippen molar-refractivity contribution in [2.45, 2.75) is 38.3 Å². The first kappa shape index (κ1) is 14.4. The van der Waals surface area contributed by atoms with Crippen LogP contribution in [-0.4, -0.2) is 23.2 Å². The molecule has 1 fully saturated rings. The number of carboxylic acid groups (broad SMARTS) is 1. The molecule has 2 rings (SSSR count). The summed E-state index contributed by atoms with van der Waals surface area (Å²) in [4.78, 5) is 22.9. The van der Waals surface area contributed by atoms with E-state index in [1.54, 1.807) is 0 Å². The van der Waals surface area contributed by atoms with Gasteiger partial charge < -0.3 is 15.2 Å². The number of carbonyl (C=O) groups excluding carboxylic acids is 1. The minimum atomic E-state index is -0.849. The summed E-state index contributed by atoms with van der Waals surface area (Å²) >= 11 is 0. The van der Waals surface area contributed by atoms with Gasteiger partial charge in [-0.1, -0.05) is 43.2 Å². The summed E-state index contributed by atoms with van der Waals surface area (Å²) in [5.41, 5.74) is 0.904. The molecule has 1 amide bonds. The zero-order valence-electron chi connectivity index (χ0n) is 11.2. The summed E-state index contributed by atoms with van der Waals surface area (Å²) in [5, 5.41) is 11.8. The minimum absolute atomic E-state index is 0.192. The fourth-order valence-electron chi connectivity index (χ4n) is 2.52. The van der Waals surface area contributed by atoms with E-state index in [4.69, 9.17) is 9.84 Å². The second-order valence-electron chi connectivity index (χ2n) is 5.04. The highest BCUT2D eigenvalue weighted by Crippen LogP contribution is 2.24. The van der Waals surface area contributed by atoms with Crippen LogP contribution in [0.4, 0.5) is 4.79 Å². The average Bonchev–Trinajstić information content (AvgIpc) is 2.46. The molecule has 0 unspecified atom stereocenters. The van der Waals surface area contributed by atoms with Crippen LogP contribution in [0.5, 0.6) is 0 Å². The van der Waals surface area contributed by atoms with Crippen molar-refractivity contribution < 1.29 is 19.4 Å². The molecular weight excluding hydrogens is 258 g/mol. The number of nitrogens with one attached hydrogen (secondary N) is 1. The van der Waals surface area contributed by atoms with Gasteiger partial charge in [0.05, 0.1) is 5.92 Å². The highest BCUT2D eigenvalue weighted by Gasteiger charge is 2.32. The molecule has 1 aliphatic rings. The predicted molar refractivity (Wildman–Crippen MR) is 73.1 cm³/mol. The monoisotopic (exact) mass is 277 g/mol. The number of carboxylic acids is 1. The fraction of sp³-hybridized carbons (Fsp3) is 0.467. The van der Waals surface area contributed by atoms with Gasteiger partial charge in [0.15, 0.2) is 0 Å². The summed E-state index contributed by atoms with van der Waals surface area (Å²) in [5.74, 6) is -1.36. The van der Waals surface area contributed by atoms with E-state index in [0.717, 1.165) is 18.4 Å². The van der Waals surface area contributed by atoms with Gasteiger partial charge in [0.2, 0.25) is 0 Å². The molecule has 5 heteroatoms. The molecular formula is C15H19NO4. The van der Waals surface area contributed by atoms with Gasteiger partial charge in [-0.3, -0.25) is 4.79 Å². The SMILES string of the molecule is O=C(N[C@H]1CCCC[C@@H]1C(=O)O)OCc1ccccc1. The van der Waals surface area contributed by atoms with Crippen LogP contribution in [0.15, 0.2) is 30.3 Å². The summed E-state index contributed by atoms with van der Waals surface area (Å²) in [6, 6.07) is 9.05. The minimum Gasteiger partial charge on any atom is -0.481 e. The molecule has 1 aliphatic carbocycles. The molecule has 0 aromatic heterocycles. The van der Waals surface area contributed by atoms with Crippen molar-refractivity contribution in [2.75, 3.05) is 0 Å². The Hall–Kier alpha value is -2.04. The van der Waals surface area contributed by atoms with E-state index in [0.29, 0.717) is 12.8 Å². The van der Waals surface area contributed by atoms with Gasteiger partial charge >= 0.3 is 12.1 Å². The van der Waals surface area contributed by atoms with Crippen molar-refractivity contribution in [1.29, 1.82) is 0 Å². The average molecular weight is 277 g/mol. The smallest absolute Gasteiger partial charge is 0.407 e. The molecule has 0 aliphatic heterocycles. The van der Waals surface area contributed by atoms with Gasteiger partial charge in [0, 0.05) is 6.04 Å². The molecule has 0 radical (unpaired) electrons. The van der Waals surface area contributed by atoms with Crippen LogP contribution in [-0.2, 0) is 16.1 Å². The van der Waals surface area contributed by atoms with Crippen molar-refractivity contribution in [3.8, 4) is 0 Å². The number of carbonyl (C=O) groups is 2. The van der Waals surface area contributed by atoms with Crippen LogP contribution < -0.4 is 5.32 Å².